The highest BCUT2D eigenvalue weighted by molar-refractivity contribution is 5.30. The Bertz CT molecular complexity index is 331. The van der Waals surface area contributed by atoms with Gasteiger partial charge in [0, 0.05) is 6.54 Å². The van der Waals surface area contributed by atoms with Gasteiger partial charge < -0.3 is 15.9 Å². The third-order valence-electron chi connectivity index (χ3n) is 1.93. The summed E-state index contributed by atoms with van der Waals surface area (Å²) in [7, 11) is 0. The number of aliphatic hydroxyl groups excluding tert-OH is 2. The summed E-state index contributed by atoms with van der Waals surface area (Å²) in [5.41, 5.74) is 5.43. The van der Waals surface area contributed by atoms with Gasteiger partial charge in [-0.05, 0) is 23.3 Å². The van der Waals surface area contributed by atoms with E-state index in [1.54, 1.807) is 0 Å². The lowest BCUT2D eigenvalue weighted by molar-refractivity contribution is 0.181. The van der Waals surface area contributed by atoms with Crippen LogP contribution in [0.15, 0.2) is 12.1 Å². The molecule has 0 bridgehead atoms. The van der Waals surface area contributed by atoms with E-state index in [4.69, 9.17) is 10.8 Å². The summed E-state index contributed by atoms with van der Waals surface area (Å²) in [4.78, 5) is 0. The average molecular weight is 203 g/mol. The van der Waals surface area contributed by atoms with Crippen molar-refractivity contribution in [3.8, 4) is 0 Å². The second-order valence-corrected chi connectivity index (χ2v) is 2.87. The van der Waals surface area contributed by atoms with Gasteiger partial charge in [-0.3, -0.25) is 0 Å². The van der Waals surface area contributed by atoms with Crippen molar-refractivity contribution in [3.05, 3.63) is 34.9 Å². The molecule has 1 aromatic rings. The van der Waals surface area contributed by atoms with Crippen molar-refractivity contribution in [3.63, 3.8) is 0 Å². The smallest absolute Gasteiger partial charge is 0.159 e. The maximum absolute atomic E-state index is 12.8. The van der Waals surface area contributed by atoms with Crippen LogP contribution in [-0.2, 0) is 6.61 Å². The number of halogens is 2. The van der Waals surface area contributed by atoms with Crippen LogP contribution in [0.1, 0.15) is 17.2 Å². The molecule has 0 radical (unpaired) electrons. The van der Waals surface area contributed by atoms with E-state index in [-0.39, 0.29) is 17.7 Å². The van der Waals surface area contributed by atoms with Crippen molar-refractivity contribution < 1.29 is 19.0 Å². The molecule has 0 fully saturated rings. The molecule has 0 aromatic heterocycles. The summed E-state index contributed by atoms with van der Waals surface area (Å²) in [6.07, 6.45) is -1.09. The van der Waals surface area contributed by atoms with Crippen LogP contribution < -0.4 is 5.73 Å². The maximum atomic E-state index is 12.8. The minimum atomic E-state index is -1.09. The number of hydrogen-bond acceptors (Lipinski definition) is 3. The van der Waals surface area contributed by atoms with Crippen LogP contribution in [0, 0.1) is 11.6 Å². The predicted octanol–water partition coefficient (Wildman–Crippen LogP) is 0.449. The van der Waals surface area contributed by atoms with E-state index in [9.17, 15) is 13.9 Å². The average Bonchev–Trinajstić information content (AvgIpc) is 2.20. The Morgan fingerprint density at radius 1 is 1.29 bits per heavy atom. The lowest BCUT2D eigenvalue weighted by Crippen LogP contribution is -2.14. The topological polar surface area (TPSA) is 66.5 Å². The first-order valence-corrected chi connectivity index (χ1v) is 4.07. The summed E-state index contributed by atoms with van der Waals surface area (Å²) in [5, 5.41) is 18.2. The second-order valence-electron chi connectivity index (χ2n) is 2.87. The molecule has 0 heterocycles. The first-order valence-electron chi connectivity index (χ1n) is 4.07. The molecule has 1 rings (SSSR count). The molecular weight excluding hydrogens is 192 g/mol. The van der Waals surface area contributed by atoms with Gasteiger partial charge in [0.25, 0.3) is 0 Å². The zero-order chi connectivity index (χ0) is 10.7. The lowest BCUT2D eigenvalue weighted by atomic mass is 10.0. The van der Waals surface area contributed by atoms with E-state index in [1.807, 2.05) is 0 Å². The molecule has 4 N–H and O–H groups in total. The summed E-state index contributed by atoms with van der Waals surface area (Å²) in [6, 6.07) is 1.70. The van der Waals surface area contributed by atoms with E-state index in [0.717, 1.165) is 12.1 Å². The molecule has 1 atom stereocenters. The Balaban J connectivity index is 3.19. The third-order valence-corrected chi connectivity index (χ3v) is 1.93. The maximum Gasteiger partial charge on any atom is 0.159 e. The summed E-state index contributed by atoms with van der Waals surface area (Å²) < 4.78 is 25.5. The van der Waals surface area contributed by atoms with E-state index in [2.05, 4.69) is 0 Å². The van der Waals surface area contributed by atoms with Gasteiger partial charge in [-0.25, -0.2) is 8.78 Å². The molecule has 1 aromatic carbocycles. The SMILES string of the molecule is NCC(O)c1cc(F)c(F)cc1CO. The van der Waals surface area contributed by atoms with Crippen LogP contribution >= 0.6 is 0 Å². The number of aliphatic hydroxyl groups is 2. The van der Waals surface area contributed by atoms with Crippen LogP contribution in [0.3, 0.4) is 0 Å². The van der Waals surface area contributed by atoms with Gasteiger partial charge in [0.05, 0.1) is 12.7 Å². The molecule has 0 amide bonds. The molecule has 78 valence electrons. The van der Waals surface area contributed by atoms with Gasteiger partial charge in [0.2, 0.25) is 0 Å². The Kier molecular flexibility index (Phi) is 3.51. The van der Waals surface area contributed by atoms with Crippen molar-refractivity contribution in [1.82, 2.24) is 0 Å². The molecule has 0 aliphatic rings. The fourth-order valence-corrected chi connectivity index (χ4v) is 1.18. The molecular formula is C9H11F2NO2. The number of nitrogens with two attached hydrogens (primary N) is 1. The monoisotopic (exact) mass is 203 g/mol. The van der Waals surface area contributed by atoms with Gasteiger partial charge in [-0.15, -0.1) is 0 Å². The highest BCUT2D eigenvalue weighted by Gasteiger charge is 2.14. The largest absolute Gasteiger partial charge is 0.392 e. The van der Waals surface area contributed by atoms with Crippen molar-refractivity contribution in [2.75, 3.05) is 6.54 Å². The molecule has 1 unspecified atom stereocenters. The Morgan fingerprint density at radius 2 is 1.86 bits per heavy atom. The molecule has 0 saturated carbocycles. The summed E-state index contributed by atoms with van der Waals surface area (Å²) in [6.45, 7) is -0.582. The molecule has 3 nitrogen and oxygen atoms in total. The molecule has 0 aliphatic heterocycles. The Hall–Kier alpha value is -1.04. The fraction of sp³-hybridized carbons (Fsp3) is 0.333. The molecule has 5 heteroatoms. The summed E-state index contributed by atoms with van der Waals surface area (Å²) >= 11 is 0. The van der Waals surface area contributed by atoms with E-state index >= 15 is 0 Å². The van der Waals surface area contributed by atoms with Gasteiger partial charge in [-0.2, -0.15) is 0 Å². The van der Waals surface area contributed by atoms with Crippen molar-refractivity contribution in [2.24, 2.45) is 5.73 Å². The minimum Gasteiger partial charge on any atom is -0.392 e. The Labute approximate surface area is 79.8 Å². The quantitative estimate of drug-likeness (QED) is 0.668. The molecule has 14 heavy (non-hydrogen) atoms. The second kappa shape index (κ2) is 4.45. The van der Waals surface area contributed by atoms with Gasteiger partial charge >= 0.3 is 0 Å². The van der Waals surface area contributed by atoms with Gasteiger partial charge in [0.15, 0.2) is 11.6 Å². The number of rotatable bonds is 3. The van der Waals surface area contributed by atoms with Crippen molar-refractivity contribution in [2.45, 2.75) is 12.7 Å². The highest BCUT2D eigenvalue weighted by Crippen LogP contribution is 2.21. The van der Waals surface area contributed by atoms with E-state index in [1.165, 1.54) is 0 Å². The van der Waals surface area contributed by atoms with E-state index in [0.29, 0.717) is 0 Å². The molecule has 0 saturated heterocycles. The highest BCUT2D eigenvalue weighted by atomic mass is 19.2. The summed E-state index contributed by atoms with van der Waals surface area (Å²) in [5.74, 6) is -2.12. The predicted molar refractivity (Wildman–Crippen MR) is 46.3 cm³/mol. The first-order chi connectivity index (χ1) is 6.60. The number of benzene rings is 1. The van der Waals surface area contributed by atoms with Crippen LogP contribution in [0.4, 0.5) is 8.78 Å². The molecule has 0 aliphatic carbocycles. The minimum absolute atomic E-state index is 0.113. The fourth-order valence-electron chi connectivity index (χ4n) is 1.18. The van der Waals surface area contributed by atoms with Gasteiger partial charge in [-0.1, -0.05) is 0 Å². The van der Waals surface area contributed by atoms with Crippen LogP contribution in [-0.4, -0.2) is 16.8 Å². The molecule has 0 spiro atoms. The van der Waals surface area contributed by atoms with E-state index < -0.39 is 24.3 Å². The normalized spacial score (nSPS) is 12.9. The zero-order valence-corrected chi connectivity index (χ0v) is 7.37. The first kappa shape index (κ1) is 11.0. The van der Waals surface area contributed by atoms with Crippen molar-refractivity contribution >= 4 is 0 Å². The Morgan fingerprint density at radius 3 is 2.36 bits per heavy atom. The van der Waals surface area contributed by atoms with Crippen LogP contribution in [0.2, 0.25) is 0 Å². The van der Waals surface area contributed by atoms with Crippen LogP contribution in [0.25, 0.3) is 0 Å². The van der Waals surface area contributed by atoms with Gasteiger partial charge in [0.1, 0.15) is 0 Å². The lowest BCUT2D eigenvalue weighted by Gasteiger charge is -2.12. The van der Waals surface area contributed by atoms with Crippen LogP contribution in [0.5, 0.6) is 0 Å². The zero-order valence-electron chi connectivity index (χ0n) is 7.37. The standard InChI is InChI=1S/C9H11F2NO2/c10-7-1-5(4-13)6(2-8(7)11)9(14)3-12/h1-2,9,13-14H,3-4,12H2. The number of hydrogen-bond donors (Lipinski definition) is 3. The van der Waals surface area contributed by atoms with Crippen molar-refractivity contribution in [1.29, 1.82) is 0 Å². The third kappa shape index (κ3) is 2.06.